The Balaban J connectivity index is -0.000000300. The van der Waals surface area contributed by atoms with Crippen LogP contribution in [-0.2, 0) is 14.5 Å². The molecule has 0 aliphatic heterocycles. The molecule has 0 aliphatic carbocycles. The van der Waals surface area contributed by atoms with Gasteiger partial charge in [0.25, 0.3) is 0 Å². The Morgan fingerprint density at radius 3 is 1.36 bits per heavy atom. The average molecular weight is 322 g/mol. The number of terminal acetylenes is 1. The van der Waals surface area contributed by atoms with Crippen LogP contribution in [-0.4, -0.2) is 29.1 Å². The van der Waals surface area contributed by atoms with Gasteiger partial charge in [0.2, 0.25) is 11.8 Å². The number of hydrazine groups is 4. The van der Waals surface area contributed by atoms with Crippen molar-refractivity contribution in [3.8, 4) is 12.5 Å². The molecule has 11 N–H and O–H groups in total. The molecule has 0 aromatic heterocycles. The standard InChI is InChI=1S/C5H10N4O3.C2H2O2.CH6N4O/c1-3(10)6-8-5(12)9-7-4(2)11;1-2-4-3;2-4-1(6)5-3/h1-2H3,(H,6,10)(H,7,11)(H2,8,9,12);1,3H;2-3H2,(H2,4,5,6). The highest BCUT2D eigenvalue weighted by atomic mass is 17.1. The molecule has 0 radical (unpaired) electrons. The maximum absolute atomic E-state index is 10.6. The van der Waals surface area contributed by atoms with Crippen molar-refractivity contribution in [3.63, 3.8) is 0 Å². The lowest BCUT2D eigenvalue weighted by molar-refractivity contribution is -0.171. The fourth-order valence-corrected chi connectivity index (χ4v) is 0.362. The predicted octanol–water partition coefficient (Wildman–Crippen LogP) is -3.51. The topological polar surface area (TPSA) is 222 Å². The Bertz CT molecular complexity index is 369. The van der Waals surface area contributed by atoms with Crippen LogP contribution in [0.25, 0.3) is 0 Å². The van der Waals surface area contributed by atoms with E-state index in [1.807, 2.05) is 21.7 Å². The van der Waals surface area contributed by atoms with Gasteiger partial charge in [-0.25, -0.2) is 32.1 Å². The van der Waals surface area contributed by atoms with E-state index in [4.69, 9.17) is 5.26 Å². The second kappa shape index (κ2) is 17.7. The molecule has 0 atom stereocenters. The molecule has 0 saturated carbocycles. The van der Waals surface area contributed by atoms with Gasteiger partial charge in [0.1, 0.15) is 0 Å². The van der Waals surface area contributed by atoms with Gasteiger partial charge in [0.05, 0.1) is 0 Å². The first kappa shape index (κ1) is 23.8. The van der Waals surface area contributed by atoms with Gasteiger partial charge in [0, 0.05) is 13.8 Å². The zero-order chi connectivity index (χ0) is 18.0. The summed E-state index contributed by atoms with van der Waals surface area (Å²) >= 11 is 0. The summed E-state index contributed by atoms with van der Waals surface area (Å²) in [6, 6.07) is -1.32. The minimum atomic E-state index is -0.722. The number of nitrogens with two attached hydrogens (primary N) is 2. The molecular formula is C8H18N8O6. The summed E-state index contributed by atoms with van der Waals surface area (Å²) < 4.78 is 0. The van der Waals surface area contributed by atoms with Gasteiger partial charge in [-0.05, 0) is 0 Å². The second-order valence-corrected chi connectivity index (χ2v) is 2.77. The van der Waals surface area contributed by atoms with Crippen molar-refractivity contribution in [1.82, 2.24) is 32.6 Å². The van der Waals surface area contributed by atoms with Crippen molar-refractivity contribution < 1.29 is 29.3 Å². The molecule has 6 amide bonds. The van der Waals surface area contributed by atoms with Gasteiger partial charge < -0.3 is 0 Å². The fraction of sp³-hybridized carbons (Fsp3) is 0.250. The monoisotopic (exact) mass is 322 g/mol. The van der Waals surface area contributed by atoms with E-state index in [0.29, 0.717) is 0 Å². The molecule has 0 aliphatic rings. The van der Waals surface area contributed by atoms with Crippen molar-refractivity contribution in [1.29, 1.82) is 0 Å². The Kier molecular flexibility index (Phi) is 19.2. The number of hydrogen-bond donors (Lipinski definition) is 9. The van der Waals surface area contributed by atoms with Gasteiger partial charge in [-0.1, -0.05) is 6.42 Å². The number of carbonyl (C=O) groups is 4. The van der Waals surface area contributed by atoms with Crippen LogP contribution in [0.1, 0.15) is 13.8 Å². The SMILES string of the molecule is C#COO.CC(=O)NNC(=O)NNC(C)=O.NNC(=O)NN. The predicted molar refractivity (Wildman–Crippen MR) is 71.9 cm³/mol. The first-order chi connectivity index (χ1) is 10.2. The third-order valence-electron chi connectivity index (χ3n) is 1.02. The van der Waals surface area contributed by atoms with E-state index in [1.165, 1.54) is 20.0 Å². The first-order valence-electron chi connectivity index (χ1n) is 5.07. The van der Waals surface area contributed by atoms with Crippen LogP contribution in [0.15, 0.2) is 0 Å². The number of rotatable bonds is 0. The van der Waals surface area contributed by atoms with Gasteiger partial charge in [-0.2, -0.15) is 5.26 Å². The molecule has 0 fully saturated rings. The Labute approximate surface area is 125 Å². The Morgan fingerprint density at radius 2 is 1.23 bits per heavy atom. The average Bonchev–Trinajstić information content (AvgIpc) is 2.50. The molecule has 0 rings (SSSR count). The molecule has 14 heteroatoms. The molecule has 0 unspecified atom stereocenters. The zero-order valence-electron chi connectivity index (χ0n) is 11.7. The molecule has 0 aromatic rings. The first-order valence-corrected chi connectivity index (χ1v) is 5.07. The van der Waals surface area contributed by atoms with Crippen LogP contribution >= 0.6 is 0 Å². The highest BCUT2D eigenvalue weighted by Gasteiger charge is 1.98. The number of hydrogen-bond acceptors (Lipinski definition) is 8. The largest absolute Gasteiger partial charge is 0.352 e. The van der Waals surface area contributed by atoms with E-state index in [1.54, 1.807) is 10.9 Å². The van der Waals surface area contributed by atoms with E-state index < -0.39 is 23.9 Å². The van der Waals surface area contributed by atoms with Crippen LogP contribution in [0.3, 0.4) is 0 Å². The third kappa shape index (κ3) is 30.1. The highest BCUT2D eigenvalue weighted by Crippen LogP contribution is 1.59. The van der Waals surface area contributed by atoms with Crippen molar-refractivity contribution in [2.75, 3.05) is 0 Å². The lowest BCUT2D eigenvalue weighted by atomic mass is 10.7. The number of amides is 6. The maximum atomic E-state index is 10.6. The molecule has 0 heterocycles. The van der Waals surface area contributed by atoms with E-state index >= 15 is 0 Å². The summed E-state index contributed by atoms with van der Waals surface area (Å²) in [4.78, 5) is 43.9. The van der Waals surface area contributed by atoms with E-state index in [2.05, 4.69) is 23.0 Å². The normalized spacial score (nSPS) is 7.09. The highest BCUT2D eigenvalue weighted by molar-refractivity contribution is 5.81. The van der Waals surface area contributed by atoms with Crippen molar-refractivity contribution >= 4 is 23.9 Å². The fourth-order valence-electron chi connectivity index (χ4n) is 0.362. The lowest BCUT2D eigenvalue weighted by Gasteiger charge is -2.06. The molecule has 0 aromatic carbocycles. The molecule has 0 saturated heterocycles. The van der Waals surface area contributed by atoms with Crippen LogP contribution in [0.4, 0.5) is 9.59 Å². The van der Waals surface area contributed by atoms with Crippen molar-refractivity contribution in [2.24, 2.45) is 11.7 Å². The number of carbonyl (C=O) groups excluding carboxylic acids is 4. The van der Waals surface area contributed by atoms with Gasteiger partial charge >= 0.3 is 12.1 Å². The molecular weight excluding hydrogens is 304 g/mol. The molecule has 0 spiro atoms. The summed E-state index contributed by atoms with van der Waals surface area (Å²) in [5.41, 5.74) is 11.5. The van der Waals surface area contributed by atoms with Crippen LogP contribution in [0.5, 0.6) is 0 Å². The molecule has 126 valence electrons. The van der Waals surface area contributed by atoms with Crippen molar-refractivity contribution in [2.45, 2.75) is 13.8 Å². The van der Waals surface area contributed by atoms with Gasteiger partial charge in [-0.3, -0.25) is 36.2 Å². The third-order valence-corrected chi connectivity index (χ3v) is 1.02. The van der Waals surface area contributed by atoms with E-state index in [9.17, 15) is 19.2 Å². The van der Waals surface area contributed by atoms with Gasteiger partial charge in [-0.15, -0.1) is 0 Å². The minimum absolute atomic E-state index is 0.409. The summed E-state index contributed by atoms with van der Waals surface area (Å²) in [5, 5.41) is 7.14. The Hall–Kier alpha value is -3.28. The lowest BCUT2D eigenvalue weighted by Crippen LogP contribution is -2.51. The van der Waals surface area contributed by atoms with Crippen molar-refractivity contribution in [3.05, 3.63) is 0 Å². The van der Waals surface area contributed by atoms with E-state index in [-0.39, 0.29) is 0 Å². The molecule has 14 nitrogen and oxygen atoms in total. The quantitative estimate of drug-likeness (QED) is 0.0713. The minimum Gasteiger partial charge on any atom is -0.285 e. The zero-order valence-corrected chi connectivity index (χ0v) is 11.7. The Morgan fingerprint density at radius 1 is 0.909 bits per heavy atom. The number of urea groups is 2. The summed E-state index contributed by atoms with van der Waals surface area (Å²) in [7, 11) is 0. The van der Waals surface area contributed by atoms with Gasteiger partial charge in [0.15, 0.2) is 6.11 Å². The van der Waals surface area contributed by atoms with Crippen LogP contribution < -0.4 is 44.2 Å². The van der Waals surface area contributed by atoms with Crippen LogP contribution in [0.2, 0.25) is 0 Å². The summed E-state index contributed by atoms with van der Waals surface area (Å²) in [5.74, 6) is 8.26. The smallest absolute Gasteiger partial charge is 0.285 e. The maximum Gasteiger partial charge on any atom is 0.352 e. The van der Waals surface area contributed by atoms with Crippen LogP contribution in [0, 0.1) is 12.5 Å². The van der Waals surface area contributed by atoms with E-state index in [0.717, 1.165) is 0 Å². The molecule has 22 heavy (non-hydrogen) atoms. The molecule has 0 bridgehead atoms. The summed E-state index contributed by atoms with van der Waals surface area (Å²) in [6.45, 7) is 2.47. The number of nitrogens with one attached hydrogen (secondary N) is 6. The second-order valence-electron chi connectivity index (χ2n) is 2.77. The summed E-state index contributed by atoms with van der Waals surface area (Å²) in [6.07, 6.45) is 5.79.